The van der Waals surface area contributed by atoms with Crippen molar-refractivity contribution in [3.8, 4) is 0 Å². The molecule has 0 atom stereocenters. The first kappa shape index (κ1) is 17.9. The van der Waals surface area contributed by atoms with Crippen molar-refractivity contribution >= 4 is 41.9 Å². The quantitative estimate of drug-likeness (QED) is 0.303. The van der Waals surface area contributed by atoms with Gasteiger partial charge in [0.2, 0.25) is 0 Å². The van der Waals surface area contributed by atoms with E-state index in [0.29, 0.717) is 0 Å². The van der Waals surface area contributed by atoms with E-state index in [1.54, 1.807) is 24.7 Å². The minimum absolute atomic E-state index is 0. The van der Waals surface area contributed by atoms with Crippen LogP contribution in [0.3, 0.4) is 0 Å². The van der Waals surface area contributed by atoms with Crippen LogP contribution in [0.2, 0.25) is 0 Å². The summed E-state index contributed by atoms with van der Waals surface area (Å²) in [5.41, 5.74) is 0. The Kier molecular flexibility index (Phi) is 21.9. The van der Waals surface area contributed by atoms with Crippen LogP contribution in [0.4, 0.5) is 0 Å². The molecule has 0 amide bonds. The van der Waals surface area contributed by atoms with E-state index in [4.69, 9.17) is 0 Å². The summed E-state index contributed by atoms with van der Waals surface area (Å²) in [4.78, 5) is 0. The molecule has 0 saturated carbocycles. The normalized spacial score (nSPS) is 12.4. The van der Waals surface area contributed by atoms with Crippen molar-refractivity contribution in [2.75, 3.05) is 0 Å². The zero-order chi connectivity index (χ0) is 4.41. The summed E-state index contributed by atoms with van der Waals surface area (Å²) >= 11 is 2.08. The second kappa shape index (κ2) is 11.0. The van der Waals surface area contributed by atoms with Crippen molar-refractivity contribution in [3.63, 3.8) is 0 Å². The van der Waals surface area contributed by atoms with Crippen LogP contribution < -0.4 is 37.2 Å². The molecule has 50 valence electrons. The summed E-state index contributed by atoms with van der Waals surface area (Å²) in [7, 11) is 0. The van der Waals surface area contributed by atoms with Crippen LogP contribution in [-0.2, 0) is 24.7 Å². The predicted octanol–water partition coefficient (Wildman–Crippen LogP) is -9.74. The Morgan fingerprint density at radius 1 is 1.33 bits per heavy atom. The van der Waals surface area contributed by atoms with Gasteiger partial charge in [-0.2, -0.15) is 0 Å². The molecule has 0 aromatic rings. The second-order valence-corrected chi connectivity index (χ2v) is 18.4. The third-order valence-electron chi connectivity index (χ3n) is 0.498. The molecule has 0 aromatic carbocycles. The van der Waals surface area contributed by atoms with Gasteiger partial charge in [-0.25, -0.2) is 0 Å². The van der Waals surface area contributed by atoms with E-state index in [1.165, 1.54) is 0 Å². The summed E-state index contributed by atoms with van der Waals surface area (Å²) in [6.07, 6.45) is 0. The van der Waals surface area contributed by atoms with Gasteiger partial charge in [-0.3, -0.25) is 0 Å². The van der Waals surface area contributed by atoms with E-state index in [9.17, 15) is 0 Å². The number of rotatable bonds is 0. The summed E-state index contributed by atoms with van der Waals surface area (Å²) in [5, 5.41) is 0. The fourth-order valence-electron chi connectivity index (χ4n) is 0.265. The Hall–Kier alpha value is 3.00. The molecule has 9 heavy (non-hydrogen) atoms. The molecule has 0 fully saturated rings. The third-order valence-corrected chi connectivity index (χ3v) is 15.6. The summed E-state index contributed by atoms with van der Waals surface area (Å²) in [6, 6.07) is 0. The Labute approximate surface area is 110 Å². The van der Waals surface area contributed by atoms with Gasteiger partial charge in [0.1, 0.15) is 0 Å². The van der Waals surface area contributed by atoms with E-state index in [0.717, 1.165) is 0 Å². The standard InChI is InChI=1S/C2H2.C.3ClH.2Sb.Zr.H/c1-2;;;;;;;;/h1-2H;;3*1H;;;;/q;;;;;;;+3;/p-3. The average Bonchev–Trinajstić information content (AvgIpc) is 1.86. The molecule has 0 unspecified atom stereocenters. The van der Waals surface area contributed by atoms with E-state index in [1.807, 2.05) is -0.898 Å². The topological polar surface area (TPSA) is 0 Å². The third kappa shape index (κ3) is 8.91. The van der Waals surface area contributed by atoms with E-state index in [-0.39, 0.29) is 80.0 Å². The van der Waals surface area contributed by atoms with Crippen molar-refractivity contribution in [2.45, 2.75) is 0 Å². The summed E-state index contributed by atoms with van der Waals surface area (Å²) in [6.45, 7) is 0. The molecule has 0 N–H and O–H groups in total. The van der Waals surface area contributed by atoms with Gasteiger partial charge in [-0.15, -0.1) is 0 Å². The second-order valence-electron chi connectivity index (χ2n) is 0.938. The van der Waals surface area contributed by atoms with E-state index in [2.05, 4.69) is 8.05 Å². The molecule has 0 bridgehead atoms. The summed E-state index contributed by atoms with van der Waals surface area (Å²) < 4.78 is 6.94. The van der Waals surface area contributed by atoms with Gasteiger partial charge < -0.3 is 37.2 Å². The van der Waals surface area contributed by atoms with Crippen molar-refractivity contribution < 1.29 is 61.9 Å². The SMILES string of the molecule is [Cl-].[Cl-].[Cl-].[Zr+3][C]1=[Sb][CH]=[CH][SbH]1. The van der Waals surface area contributed by atoms with Gasteiger partial charge in [0.15, 0.2) is 0 Å². The van der Waals surface area contributed by atoms with Crippen LogP contribution >= 0.6 is 0 Å². The molecule has 0 spiro atoms. The summed E-state index contributed by atoms with van der Waals surface area (Å²) in [5.74, 6) is 0. The molecule has 0 nitrogen and oxygen atoms in total. The van der Waals surface area contributed by atoms with Crippen molar-refractivity contribution in [3.05, 3.63) is 8.05 Å². The molecular formula is C3H3Cl3Sb2Zr. The first-order chi connectivity index (χ1) is 2.89. The number of halogens is 3. The van der Waals surface area contributed by atoms with E-state index < -0.39 is 0 Å². The maximum atomic E-state index is 2.48. The zero-order valence-electron chi connectivity index (χ0n) is 4.24. The average molecular weight is 480 g/mol. The molecule has 1 aliphatic rings. The Balaban J connectivity index is -0.000000120. The monoisotopic (exact) mass is 476 g/mol. The fraction of sp³-hybridized carbons (Fsp3) is 0. The van der Waals surface area contributed by atoms with Gasteiger partial charge in [-0.05, 0) is 0 Å². The van der Waals surface area contributed by atoms with Gasteiger partial charge in [0.25, 0.3) is 0 Å². The van der Waals surface area contributed by atoms with E-state index >= 15 is 0 Å². The molecule has 6 heteroatoms. The number of hydrogen-bond acceptors (Lipinski definition) is 0. The Morgan fingerprint density at radius 2 is 1.89 bits per heavy atom. The molecule has 0 aromatic heterocycles. The van der Waals surface area contributed by atoms with Gasteiger partial charge >= 0.3 is 74.6 Å². The van der Waals surface area contributed by atoms with Crippen LogP contribution in [0.1, 0.15) is 0 Å². The zero-order valence-corrected chi connectivity index (χ0v) is 14.4. The predicted molar refractivity (Wildman–Crippen MR) is 27.0 cm³/mol. The van der Waals surface area contributed by atoms with Gasteiger partial charge in [0, 0.05) is 0 Å². The van der Waals surface area contributed by atoms with Crippen LogP contribution in [-0.4, -0.2) is 41.9 Å². The Morgan fingerprint density at radius 3 is 2.00 bits per heavy atom. The van der Waals surface area contributed by atoms with Crippen molar-refractivity contribution in [1.82, 2.24) is 0 Å². The fourth-order valence-corrected chi connectivity index (χ4v) is 11.5. The van der Waals surface area contributed by atoms with Crippen molar-refractivity contribution in [1.29, 1.82) is 0 Å². The van der Waals surface area contributed by atoms with Crippen LogP contribution in [0.5, 0.6) is 0 Å². The molecule has 1 aliphatic heterocycles. The molecule has 0 saturated heterocycles. The first-order valence-electron chi connectivity index (χ1n) is 1.60. The molecular weight excluding hydrogens is 477 g/mol. The Bertz CT molecular complexity index is 114. The first-order valence-corrected chi connectivity index (χ1v) is 8.66. The van der Waals surface area contributed by atoms with Gasteiger partial charge in [0.05, 0.1) is 0 Å². The van der Waals surface area contributed by atoms with Gasteiger partial charge in [-0.1, -0.05) is 0 Å². The molecule has 1 rings (SSSR count). The van der Waals surface area contributed by atoms with Crippen molar-refractivity contribution in [2.24, 2.45) is 0 Å². The molecule has 0 aliphatic carbocycles. The van der Waals surface area contributed by atoms with Crippen LogP contribution in [0.15, 0.2) is 8.05 Å². The van der Waals surface area contributed by atoms with Crippen LogP contribution in [0, 0.1) is 0 Å². The minimum atomic E-state index is 0. The van der Waals surface area contributed by atoms with Crippen LogP contribution in [0.25, 0.3) is 0 Å². The maximum absolute atomic E-state index is 2.48. The molecule has 1 heterocycles. The number of hydrogen-bond donors (Lipinski definition) is 0. The molecule has 0 radical (unpaired) electrons.